The first kappa shape index (κ1) is 30.7. The Kier molecular flexibility index (Phi) is 11.3. The van der Waals surface area contributed by atoms with E-state index >= 15 is 0 Å². The number of phenols is 1. The quantitative estimate of drug-likeness (QED) is 0.138. The molecule has 0 unspecified atom stereocenters. The number of benzene rings is 3. The first-order chi connectivity index (χ1) is 21.6. The first-order valence-corrected chi connectivity index (χ1v) is 15.0. The summed E-state index contributed by atoms with van der Waals surface area (Å²) in [5, 5.41) is 11.6. The Hall–Kier alpha value is -4.72. The molecule has 0 amide bonds. The van der Waals surface area contributed by atoms with E-state index in [1.54, 1.807) is 0 Å². The van der Waals surface area contributed by atoms with E-state index in [0.717, 1.165) is 39.6 Å². The summed E-state index contributed by atoms with van der Waals surface area (Å²) in [6, 6.07) is 35.7. The fourth-order valence-corrected chi connectivity index (χ4v) is 5.15. The third-order valence-corrected chi connectivity index (χ3v) is 7.26. The van der Waals surface area contributed by atoms with E-state index in [4.69, 9.17) is 9.47 Å². The lowest BCUT2D eigenvalue weighted by atomic mass is 10.0. The molecule has 0 saturated carbocycles. The molecule has 0 fully saturated rings. The lowest BCUT2D eigenvalue weighted by Gasteiger charge is -2.26. The van der Waals surface area contributed by atoms with E-state index in [-0.39, 0.29) is 0 Å². The number of para-hydroxylation sites is 2. The van der Waals surface area contributed by atoms with Gasteiger partial charge in [-0.15, -0.1) is 0 Å². The average molecular weight is 589 g/mol. The van der Waals surface area contributed by atoms with Crippen LogP contribution in [0.25, 0.3) is 0 Å². The predicted molar refractivity (Wildman–Crippen MR) is 173 cm³/mol. The van der Waals surface area contributed by atoms with Crippen molar-refractivity contribution in [3.63, 3.8) is 0 Å². The van der Waals surface area contributed by atoms with Gasteiger partial charge in [0.15, 0.2) is 0 Å². The largest absolute Gasteiger partial charge is 0.507 e. The maximum atomic E-state index is 11.6. The van der Waals surface area contributed by atoms with Gasteiger partial charge >= 0.3 is 0 Å². The van der Waals surface area contributed by atoms with Crippen molar-refractivity contribution < 1.29 is 14.6 Å². The van der Waals surface area contributed by atoms with E-state index in [0.29, 0.717) is 58.2 Å². The second-order valence-corrected chi connectivity index (χ2v) is 10.8. The zero-order valence-electron chi connectivity index (χ0n) is 25.3. The molecule has 5 aromatic rings. The molecule has 2 aromatic heterocycles. The topological polar surface area (TPSA) is 71.0 Å². The molecule has 0 spiro atoms. The average Bonchev–Trinajstić information content (AvgIpc) is 3.05. The van der Waals surface area contributed by atoms with Crippen molar-refractivity contribution in [2.75, 3.05) is 26.3 Å². The number of nitrogens with zero attached hydrogens (tertiary/aromatic N) is 4. The van der Waals surface area contributed by atoms with Crippen molar-refractivity contribution in [3.05, 3.63) is 150 Å². The first-order valence-electron chi connectivity index (χ1n) is 15.0. The van der Waals surface area contributed by atoms with Crippen LogP contribution in [0.4, 0.5) is 0 Å². The van der Waals surface area contributed by atoms with Crippen LogP contribution in [-0.4, -0.2) is 51.2 Å². The molecule has 7 nitrogen and oxygen atoms in total. The Bertz CT molecular complexity index is 1420. The minimum atomic E-state index is 0.320. The normalized spacial score (nSPS) is 11.2. The molecule has 0 aliphatic rings. The van der Waals surface area contributed by atoms with Gasteiger partial charge in [-0.05, 0) is 55.5 Å². The number of rotatable bonds is 16. The lowest BCUT2D eigenvalue weighted by Crippen LogP contribution is -2.29. The number of pyridine rings is 2. The number of hydrogen-bond acceptors (Lipinski definition) is 7. The van der Waals surface area contributed by atoms with Gasteiger partial charge in [-0.2, -0.15) is 0 Å². The molecule has 0 bridgehead atoms. The molecular formula is C37H40N4O3. The van der Waals surface area contributed by atoms with Crippen LogP contribution in [0.15, 0.2) is 122 Å². The molecule has 0 aliphatic heterocycles. The van der Waals surface area contributed by atoms with Crippen LogP contribution >= 0.6 is 0 Å². The van der Waals surface area contributed by atoms with Crippen molar-refractivity contribution in [2.24, 2.45) is 0 Å². The van der Waals surface area contributed by atoms with Gasteiger partial charge in [0.25, 0.3) is 0 Å². The van der Waals surface area contributed by atoms with Gasteiger partial charge in [0, 0.05) is 62.8 Å². The van der Waals surface area contributed by atoms with Crippen LogP contribution in [0.1, 0.15) is 28.1 Å². The van der Waals surface area contributed by atoms with Crippen molar-refractivity contribution in [2.45, 2.75) is 33.1 Å². The lowest BCUT2D eigenvalue weighted by molar-refractivity contribution is 0.189. The number of ether oxygens (including phenoxy) is 2. The third-order valence-electron chi connectivity index (χ3n) is 7.26. The van der Waals surface area contributed by atoms with E-state index in [9.17, 15) is 5.11 Å². The van der Waals surface area contributed by atoms with Crippen molar-refractivity contribution in [1.29, 1.82) is 0 Å². The Labute approximate surface area is 260 Å². The number of aromatic nitrogens is 2. The minimum absolute atomic E-state index is 0.320. The smallest absolute Gasteiger partial charge is 0.124 e. The van der Waals surface area contributed by atoms with Gasteiger partial charge in [-0.3, -0.25) is 19.8 Å². The summed E-state index contributed by atoms with van der Waals surface area (Å²) in [7, 11) is 0. The highest BCUT2D eigenvalue weighted by Gasteiger charge is 2.17. The second-order valence-electron chi connectivity index (χ2n) is 10.8. The molecule has 0 radical (unpaired) electrons. The van der Waals surface area contributed by atoms with Crippen LogP contribution in [0.3, 0.4) is 0 Å². The number of aryl methyl sites for hydroxylation is 1. The van der Waals surface area contributed by atoms with E-state index in [1.165, 1.54) is 0 Å². The van der Waals surface area contributed by atoms with Gasteiger partial charge < -0.3 is 14.6 Å². The van der Waals surface area contributed by atoms with Crippen LogP contribution in [0, 0.1) is 6.92 Å². The summed E-state index contributed by atoms with van der Waals surface area (Å²) in [5.74, 6) is 2.01. The highest BCUT2D eigenvalue weighted by atomic mass is 16.5. The van der Waals surface area contributed by atoms with Crippen molar-refractivity contribution >= 4 is 0 Å². The molecule has 44 heavy (non-hydrogen) atoms. The summed E-state index contributed by atoms with van der Waals surface area (Å²) in [6.45, 7) is 6.89. The van der Waals surface area contributed by atoms with E-state index in [1.807, 2.05) is 109 Å². The number of hydrogen-bond donors (Lipinski definition) is 1. The van der Waals surface area contributed by atoms with Crippen LogP contribution < -0.4 is 9.47 Å². The summed E-state index contributed by atoms with van der Waals surface area (Å²) >= 11 is 0. The Morgan fingerprint density at radius 2 is 1.00 bits per heavy atom. The molecule has 2 heterocycles. The molecule has 5 rings (SSSR count). The van der Waals surface area contributed by atoms with Gasteiger partial charge in [-0.25, -0.2) is 0 Å². The molecule has 3 aromatic carbocycles. The van der Waals surface area contributed by atoms with Crippen LogP contribution in [0.2, 0.25) is 0 Å². The van der Waals surface area contributed by atoms with E-state index < -0.39 is 0 Å². The predicted octanol–water partition coefficient (Wildman–Crippen LogP) is 6.65. The molecule has 0 aliphatic carbocycles. The monoisotopic (exact) mass is 588 g/mol. The van der Waals surface area contributed by atoms with Crippen LogP contribution in [0.5, 0.6) is 17.2 Å². The Balaban J connectivity index is 1.31. The molecule has 1 N–H and O–H groups in total. The summed E-state index contributed by atoms with van der Waals surface area (Å²) in [5.41, 5.74) is 4.81. The van der Waals surface area contributed by atoms with E-state index in [2.05, 4.69) is 38.8 Å². The summed E-state index contributed by atoms with van der Waals surface area (Å²) in [6.07, 6.45) is 3.63. The molecule has 0 atom stereocenters. The zero-order valence-corrected chi connectivity index (χ0v) is 25.3. The van der Waals surface area contributed by atoms with Crippen LogP contribution in [-0.2, 0) is 26.2 Å². The highest BCUT2D eigenvalue weighted by molar-refractivity contribution is 5.43. The second kappa shape index (κ2) is 16.2. The van der Waals surface area contributed by atoms with Gasteiger partial charge in [0.05, 0.1) is 11.4 Å². The maximum Gasteiger partial charge on any atom is 0.124 e. The zero-order chi connectivity index (χ0) is 30.4. The standard InChI is InChI=1S/C37H40N4O3/c1-30-24-31(26-40(28-33-12-8-10-18-38-33)20-22-43-35-14-4-2-5-15-35)37(42)32(25-30)27-41(29-34-13-9-11-19-39-34)21-23-44-36-16-6-3-7-17-36/h2-19,24-25,42H,20-23,26-29H2,1H3. The molecule has 0 saturated heterocycles. The van der Waals surface area contributed by atoms with Crippen molar-refractivity contribution in [1.82, 2.24) is 19.8 Å². The Morgan fingerprint density at radius 3 is 1.41 bits per heavy atom. The van der Waals surface area contributed by atoms with Crippen molar-refractivity contribution in [3.8, 4) is 17.2 Å². The molecular weight excluding hydrogens is 548 g/mol. The number of aromatic hydroxyl groups is 1. The van der Waals surface area contributed by atoms with Gasteiger partial charge in [-0.1, -0.05) is 66.2 Å². The van der Waals surface area contributed by atoms with Gasteiger partial charge in [0.2, 0.25) is 0 Å². The summed E-state index contributed by atoms with van der Waals surface area (Å²) < 4.78 is 12.0. The Morgan fingerprint density at radius 1 is 0.568 bits per heavy atom. The van der Waals surface area contributed by atoms with Gasteiger partial charge in [0.1, 0.15) is 30.5 Å². The summed E-state index contributed by atoms with van der Waals surface area (Å²) in [4.78, 5) is 13.6. The fourth-order valence-electron chi connectivity index (χ4n) is 5.15. The maximum absolute atomic E-state index is 11.6. The molecule has 7 heteroatoms. The third kappa shape index (κ3) is 9.66. The molecule has 226 valence electrons. The SMILES string of the molecule is Cc1cc(CN(CCOc2ccccc2)Cc2ccccn2)c(O)c(CN(CCOc2ccccc2)Cc2ccccn2)c1. The fraction of sp³-hybridized carbons (Fsp3) is 0.243. The minimum Gasteiger partial charge on any atom is -0.507 e. The number of phenolic OH excluding ortho intramolecular Hbond substituents is 1. The highest BCUT2D eigenvalue weighted by Crippen LogP contribution is 2.28.